The third kappa shape index (κ3) is 18.4. The quantitative estimate of drug-likeness (QED) is 0.0490. The average Bonchev–Trinajstić information content (AvgIpc) is 3.03. The van der Waals surface area contributed by atoms with E-state index in [1.807, 2.05) is 20.8 Å². The van der Waals surface area contributed by atoms with Gasteiger partial charge in [-0.15, -0.1) is 0 Å². The SMILES string of the molecule is CC(C)[C@H](NC(=O)CCCCCNC(=O)C(CC(=O)O)C(C)(C)C)C(=O)N[C@@H](CCCNC(N)O)C(=O)Nc1ccc(COC(=O)C(C)(C)C)cc1. The third-order valence-electron chi connectivity index (χ3n) is 8.25. The van der Waals surface area contributed by atoms with Crippen molar-refractivity contribution in [2.75, 3.05) is 18.4 Å². The highest BCUT2D eigenvalue weighted by atomic mass is 16.5. The van der Waals surface area contributed by atoms with Gasteiger partial charge in [0.05, 0.1) is 17.8 Å². The Morgan fingerprint density at radius 3 is 2.00 bits per heavy atom. The van der Waals surface area contributed by atoms with Gasteiger partial charge in [0.15, 0.2) is 6.35 Å². The van der Waals surface area contributed by atoms with E-state index in [0.29, 0.717) is 37.9 Å². The van der Waals surface area contributed by atoms with Gasteiger partial charge in [-0.3, -0.25) is 39.8 Å². The van der Waals surface area contributed by atoms with Crippen molar-refractivity contribution in [2.24, 2.45) is 28.4 Å². The number of carbonyl (C=O) groups is 6. The molecule has 0 saturated carbocycles. The normalized spacial score (nSPS) is 14.1. The number of nitrogens with two attached hydrogens (primary N) is 1. The summed E-state index contributed by atoms with van der Waals surface area (Å²) >= 11 is 0. The Bertz CT molecular complexity index is 1320. The standard InChI is InChI=1S/C37H62N6O9/c1-23(2)30(43-28(44)14-10-9-11-19-39-31(47)26(21-29(45)46)36(3,4)5)33(49)42-27(13-12-20-40-35(38)51)32(48)41-25-17-15-24(16-18-25)22-52-34(50)37(6,7)8/h15-18,23,26-27,30,35,40,51H,9-14,19-22,38H2,1-8H3,(H,39,47)(H,41,48)(H,42,49)(H,43,44)(H,45,46)/t26?,27-,30-,35?/m0/s1. The summed E-state index contributed by atoms with van der Waals surface area (Å²) in [5.74, 6) is -3.97. The molecule has 9 N–H and O–H groups in total. The van der Waals surface area contributed by atoms with Crippen LogP contribution in [-0.4, -0.2) is 77.3 Å². The number of benzene rings is 1. The summed E-state index contributed by atoms with van der Waals surface area (Å²) in [6.07, 6.45) is 0.992. The maximum atomic E-state index is 13.4. The van der Waals surface area contributed by atoms with Crippen molar-refractivity contribution < 1.29 is 43.7 Å². The van der Waals surface area contributed by atoms with Crippen molar-refractivity contribution in [2.45, 2.75) is 125 Å². The summed E-state index contributed by atoms with van der Waals surface area (Å²) in [4.78, 5) is 75.5. The number of carbonyl (C=O) groups excluding carboxylic acids is 5. The molecule has 0 aromatic heterocycles. The molecule has 0 heterocycles. The van der Waals surface area contributed by atoms with E-state index in [2.05, 4.69) is 26.6 Å². The molecule has 0 bridgehead atoms. The van der Waals surface area contributed by atoms with Crippen LogP contribution in [0.4, 0.5) is 5.69 Å². The molecule has 2 unspecified atom stereocenters. The van der Waals surface area contributed by atoms with Gasteiger partial charge >= 0.3 is 11.9 Å². The molecule has 1 rings (SSSR count). The summed E-state index contributed by atoms with van der Waals surface area (Å²) in [5.41, 5.74) is 5.41. The zero-order valence-corrected chi connectivity index (χ0v) is 32.1. The van der Waals surface area contributed by atoms with Crippen molar-refractivity contribution in [1.29, 1.82) is 0 Å². The van der Waals surface area contributed by atoms with E-state index in [-0.39, 0.29) is 56.1 Å². The lowest BCUT2D eigenvalue weighted by molar-refractivity contribution is -0.154. The van der Waals surface area contributed by atoms with E-state index in [0.717, 1.165) is 5.56 Å². The molecule has 4 amide bonds. The Labute approximate surface area is 308 Å². The molecule has 0 saturated heterocycles. The first kappa shape index (κ1) is 45.9. The Balaban J connectivity index is 2.76. The number of aliphatic hydroxyl groups excluding tert-OH is 1. The summed E-state index contributed by atoms with van der Waals surface area (Å²) in [6, 6.07) is 4.88. The molecule has 15 heteroatoms. The molecule has 0 radical (unpaired) electrons. The van der Waals surface area contributed by atoms with Crippen LogP contribution in [-0.2, 0) is 40.1 Å². The Morgan fingerprint density at radius 2 is 1.46 bits per heavy atom. The summed E-state index contributed by atoms with van der Waals surface area (Å²) < 4.78 is 5.34. The highest BCUT2D eigenvalue weighted by Crippen LogP contribution is 2.29. The maximum absolute atomic E-state index is 13.4. The lowest BCUT2D eigenvalue weighted by Crippen LogP contribution is -2.54. The number of rotatable bonds is 22. The molecule has 1 aromatic carbocycles. The first-order valence-electron chi connectivity index (χ1n) is 17.9. The number of carboxylic acid groups (broad SMARTS) is 1. The van der Waals surface area contributed by atoms with Gasteiger partial charge in [0.2, 0.25) is 23.6 Å². The summed E-state index contributed by atoms with van der Waals surface area (Å²) in [6.45, 7) is 15.0. The van der Waals surface area contributed by atoms with E-state index in [4.69, 9.17) is 15.6 Å². The number of ether oxygens (including phenoxy) is 1. The fourth-order valence-electron chi connectivity index (χ4n) is 5.03. The number of hydrogen-bond donors (Lipinski definition) is 8. The van der Waals surface area contributed by atoms with Crippen molar-refractivity contribution in [3.05, 3.63) is 29.8 Å². The molecule has 0 fully saturated rings. The smallest absolute Gasteiger partial charge is 0.311 e. The highest BCUT2D eigenvalue weighted by Gasteiger charge is 2.33. The number of aliphatic carboxylic acids is 1. The number of anilines is 1. The molecule has 0 aliphatic rings. The Morgan fingerprint density at radius 1 is 0.827 bits per heavy atom. The Kier molecular flexibility index (Phi) is 19.5. The van der Waals surface area contributed by atoms with Gasteiger partial charge in [-0.25, -0.2) is 0 Å². The number of esters is 1. The number of nitrogens with one attached hydrogen (secondary N) is 5. The fraction of sp³-hybridized carbons (Fsp3) is 0.676. The molecule has 0 spiro atoms. The molecule has 52 heavy (non-hydrogen) atoms. The van der Waals surface area contributed by atoms with Crippen LogP contribution in [0.25, 0.3) is 0 Å². The first-order valence-corrected chi connectivity index (χ1v) is 17.9. The second kappa shape index (κ2) is 22.1. The zero-order valence-electron chi connectivity index (χ0n) is 32.1. The predicted molar refractivity (Wildman–Crippen MR) is 197 cm³/mol. The van der Waals surface area contributed by atoms with Gasteiger partial charge in [0.25, 0.3) is 0 Å². The largest absolute Gasteiger partial charge is 0.481 e. The molecule has 15 nitrogen and oxygen atoms in total. The topological polar surface area (TPSA) is 238 Å². The van der Waals surface area contributed by atoms with Gasteiger partial charge in [-0.1, -0.05) is 53.2 Å². The molecular weight excluding hydrogens is 672 g/mol. The molecule has 0 aliphatic carbocycles. The average molecular weight is 735 g/mol. The minimum absolute atomic E-state index is 0.0811. The second-order valence-electron chi connectivity index (χ2n) is 15.5. The molecular formula is C37H62N6O9. The van der Waals surface area contributed by atoms with Crippen molar-refractivity contribution in [3.63, 3.8) is 0 Å². The van der Waals surface area contributed by atoms with Gasteiger partial charge in [-0.2, -0.15) is 0 Å². The van der Waals surface area contributed by atoms with Crippen molar-refractivity contribution in [1.82, 2.24) is 21.3 Å². The Hall–Kier alpha value is -4.08. The van der Waals surface area contributed by atoms with E-state index in [9.17, 15) is 33.9 Å². The van der Waals surface area contributed by atoms with Gasteiger partial charge in [0, 0.05) is 18.7 Å². The highest BCUT2D eigenvalue weighted by molar-refractivity contribution is 5.98. The van der Waals surface area contributed by atoms with Crippen LogP contribution in [0.2, 0.25) is 0 Å². The molecule has 0 aliphatic heterocycles. The van der Waals surface area contributed by atoms with E-state index >= 15 is 0 Å². The first-order chi connectivity index (χ1) is 24.1. The van der Waals surface area contributed by atoms with E-state index in [1.165, 1.54) is 0 Å². The lowest BCUT2D eigenvalue weighted by atomic mass is 9.78. The van der Waals surface area contributed by atoms with Crippen LogP contribution in [0.5, 0.6) is 0 Å². The van der Waals surface area contributed by atoms with Crippen LogP contribution in [0.3, 0.4) is 0 Å². The van der Waals surface area contributed by atoms with Crippen LogP contribution in [0.15, 0.2) is 24.3 Å². The van der Waals surface area contributed by atoms with E-state index in [1.54, 1.807) is 58.9 Å². The number of unbranched alkanes of at least 4 members (excludes halogenated alkanes) is 2. The maximum Gasteiger partial charge on any atom is 0.311 e. The number of carboxylic acids is 1. The summed E-state index contributed by atoms with van der Waals surface area (Å²) in [5, 5.41) is 32.3. The van der Waals surface area contributed by atoms with Gasteiger partial charge in [0.1, 0.15) is 18.7 Å². The van der Waals surface area contributed by atoms with Crippen molar-refractivity contribution >= 4 is 41.3 Å². The van der Waals surface area contributed by atoms with Crippen molar-refractivity contribution in [3.8, 4) is 0 Å². The van der Waals surface area contributed by atoms with Gasteiger partial charge in [-0.05, 0) is 82.0 Å². The fourth-order valence-corrected chi connectivity index (χ4v) is 5.03. The van der Waals surface area contributed by atoms with Crippen LogP contribution >= 0.6 is 0 Å². The third-order valence-corrected chi connectivity index (χ3v) is 8.25. The number of aliphatic hydroxyl groups is 1. The zero-order chi connectivity index (χ0) is 39.6. The monoisotopic (exact) mass is 734 g/mol. The lowest BCUT2D eigenvalue weighted by Gasteiger charge is -2.28. The molecule has 4 atom stereocenters. The second-order valence-corrected chi connectivity index (χ2v) is 15.5. The van der Waals surface area contributed by atoms with E-state index < -0.39 is 53.0 Å². The molecule has 294 valence electrons. The minimum Gasteiger partial charge on any atom is -0.481 e. The van der Waals surface area contributed by atoms with Crippen LogP contribution < -0.4 is 32.3 Å². The van der Waals surface area contributed by atoms with Crippen LogP contribution in [0, 0.1) is 22.7 Å². The number of amides is 4. The van der Waals surface area contributed by atoms with Crippen LogP contribution in [0.1, 0.15) is 106 Å². The predicted octanol–water partition coefficient (Wildman–Crippen LogP) is 2.76. The minimum atomic E-state index is -1.23. The summed E-state index contributed by atoms with van der Waals surface area (Å²) in [7, 11) is 0. The number of hydrogen-bond acceptors (Lipinski definition) is 10. The van der Waals surface area contributed by atoms with Gasteiger partial charge < -0.3 is 36.2 Å². The molecule has 1 aromatic rings.